The van der Waals surface area contributed by atoms with Gasteiger partial charge in [0.25, 0.3) is 5.91 Å². The number of carbonyl (C=O) groups excluding carboxylic acids is 2. The molecule has 0 aliphatic heterocycles. The monoisotopic (exact) mass is 442 g/mol. The summed E-state index contributed by atoms with van der Waals surface area (Å²) in [5, 5.41) is 3.00. The van der Waals surface area contributed by atoms with E-state index >= 15 is 0 Å². The van der Waals surface area contributed by atoms with E-state index in [4.69, 9.17) is 14.2 Å². The molecule has 0 aliphatic rings. The summed E-state index contributed by atoms with van der Waals surface area (Å²) in [7, 11) is 3.18. The summed E-state index contributed by atoms with van der Waals surface area (Å²) in [4.78, 5) is 27.8. The fourth-order valence-electron chi connectivity index (χ4n) is 3.23. The Hall–Kier alpha value is -3.22. The van der Waals surface area contributed by atoms with Crippen molar-refractivity contribution in [3.63, 3.8) is 0 Å². The Morgan fingerprint density at radius 1 is 0.938 bits per heavy atom. The van der Waals surface area contributed by atoms with Gasteiger partial charge in [-0.05, 0) is 61.7 Å². The highest BCUT2D eigenvalue weighted by Gasteiger charge is 2.29. The number of amides is 2. The van der Waals surface area contributed by atoms with Crippen LogP contribution in [0.2, 0.25) is 0 Å². The quantitative estimate of drug-likeness (QED) is 0.541. The van der Waals surface area contributed by atoms with Gasteiger partial charge >= 0.3 is 0 Å². The second-order valence-corrected chi connectivity index (χ2v) is 7.58. The molecule has 32 heavy (non-hydrogen) atoms. The molecular weight excluding hydrogens is 408 g/mol. The average Bonchev–Trinajstić information content (AvgIpc) is 2.82. The number of benzene rings is 2. The van der Waals surface area contributed by atoms with Crippen LogP contribution in [0.5, 0.6) is 17.2 Å². The fourth-order valence-corrected chi connectivity index (χ4v) is 3.23. The first kappa shape index (κ1) is 25.0. The van der Waals surface area contributed by atoms with E-state index in [2.05, 4.69) is 5.32 Å². The number of nitrogens with zero attached hydrogens (tertiary/aromatic N) is 1. The molecule has 2 rings (SSSR count). The third kappa shape index (κ3) is 7.18. The summed E-state index contributed by atoms with van der Waals surface area (Å²) in [6, 6.07) is 13.9. The highest BCUT2D eigenvalue weighted by molar-refractivity contribution is 5.88. The van der Waals surface area contributed by atoms with Gasteiger partial charge in [0.2, 0.25) is 5.91 Å². The summed E-state index contributed by atoms with van der Waals surface area (Å²) in [6.07, 6.45) is 1.30. The van der Waals surface area contributed by atoms with Gasteiger partial charge < -0.3 is 24.4 Å². The van der Waals surface area contributed by atoms with Crippen LogP contribution >= 0.6 is 0 Å². The van der Waals surface area contributed by atoms with Gasteiger partial charge in [-0.15, -0.1) is 0 Å². The normalized spacial score (nSPS) is 12.4. The van der Waals surface area contributed by atoms with Crippen molar-refractivity contribution in [2.75, 3.05) is 20.8 Å². The molecule has 0 aromatic heterocycles. The van der Waals surface area contributed by atoms with Crippen LogP contribution in [-0.2, 0) is 16.1 Å². The minimum Gasteiger partial charge on any atom is -0.497 e. The van der Waals surface area contributed by atoms with Gasteiger partial charge in [-0.3, -0.25) is 9.59 Å². The smallest absolute Gasteiger partial charge is 0.261 e. The molecule has 0 saturated heterocycles. The second kappa shape index (κ2) is 12.6. The first-order valence-corrected chi connectivity index (χ1v) is 10.9. The van der Waals surface area contributed by atoms with Crippen molar-refractivity contribution in [3.05, 3.63) is 54.1 Å². The molecule has 2 atom stereocenters. The zero-order valence-corrected chi connectivity index (χ0v) is 19.6. The Kier molecular flexibility index (Phi) is 9.85. The SMILES string of the molecule is CC[C@H](C)NC(=O)[C@H](CC)N(Cc1cccc(OC)c1)C(=O)COc1ccc(OC)cc1. The lowest BCUT2D eigenvalue weighted by Crippen LogP contribution is -2.51. The zero-order valence-electron chi connectivity index (χ0n) is 19.6. The first-order chi connectivity index (χ1) is 15.4. The van der Waals surface area contributed by atoms with Crippen LogP contribution in [0.3, 0.4) is 0 Å². The molecule has 0 bridgehead atoms. The molecule has 0 heterocycles. The molecule has 0 radical (unpaired) electrons. The molecule has 174 valence electrons. The molecule has 7 nitrogen and oxygen atoms in total. The molecule has 0 unspecified atom stereocenters. The predicted octanol–water partition coefficient (Wildman–Crippen LogP) is 3.80. The Bertz CT molecular complexity index is 869. The molecule has 0 aliphatic carbocycles. The molecule has 7 heteroatoms. The maximum atomic E-state index is 13.2. The molecule has 2 aromatic rings. The van der Waals surface area contributed by atoms with E-state index in [1.807, 2.05) is 45.0 Å². The molecular formula is C25H34N2O5. The minimum absolute atomic E-state index is 0.0286. The van der Waals surface area contributed by atoms with E-state index in [1.54, 1.807) is 43.4 Å². The maximum absolute atomic E-state index is 13.2. The number of ether oxygens (including phenoxy) is 3. The van der Waals surface area contributed by atoms with Crippen LogP contribution in [0.1, 0.15) is 39.2 Å². The second-order valence-electron chi connectivity index (χ2n) is 7.58. The summed E-state index contributed by atoms with van der Waals surface area (Å²) in [5.74, 6) is 1.52. The predicted molar refractivity (Wildman–Crippen MR) is 124 cm³/mol. The number of nitrogens with one attached hydrogen (secondary N) is 1. The molecule has 0 spiro atoms. The Morgan fingerprint density at radius 3 is 2.19 bits per heavy atom. The highest BCUT2D eigenvalue weighted by atomic mass is 16.5. The number of methoxy groups -OCH3 is 2. The van der Waals surface area contributed by atoms with Gasteiger partial charge in [0.1, 0.15) is 23.3 Å². The van der Waals surface area contributed by atoms with Crippen LogP contribution in [0.15, 0.2) is 48.5 Å². The van der Waals surface area contributed by atoms with Crippen LogP contribution in [0.4, 0.5) is 0 Å². The summed E-state index contributed by atoms with van der Waals surface area (Å²) in [6.45, 7) is 5.95. The van der Waals surface area contributed by atoms with E-state index in [1.165, 1.54) is 0 Å². The first-order valence-electron chi connectivity index (χ1n) is 10.9. The summed E-state index contributed by atoms with van der Waals surface area (Å²) < 4.78 is 16.2. The van der Waals surface area contributed by atoms with Crippen molar-refractivity contribution < 1.29 is 23.8 Å². The molecule has 2 amide bonds. The standard InChI is InChI=1S/C25H34N2O5/c1-6-18(3)26-25(29)23(7-2)27(16-19-9-8-10-22(15-19)31-5)24(28)17-32-21-13-11-20(30-4)12-14-21/h8-15,18,23H,6-7,16-17H2,1-5H3,(H,26,29)/t18-,23-/m0/s1. The Morgan fingerprint density at radius 2 is 1.59 bits per heavy atom. The molecule has 2 aromatic carbocycles. The molecule has 0 saturated carbocycles. The van der Waals surface area contributed by atoms with Crippen molar-refractivity contribution in [1.29, 1.82) is 0 Å². The summed E-state index contributed by atoms with van der Waals surface area (Å²) in [5.41, 5.74) is 0.872. The third-order valence-corrected chi connectivity index (χ3v) is 5.30. The van der Waals surface area contributed by atoms with Crippen molar-refractivity contribution in [3.8, 4) is 17.2 Å². The minimum atomic E-state index is -0.609. The van der Waals surface area contributed by atoms with Crippen molar-refractivity contribution in [1.82, 2.24) is 10.2 Å². The van der Waals surface area contributed by atoms with E-state index in [0.29, 0.717) is 23.7 Å². The van der Waals surface area contributed by atoms with E-state index in [9.17, 15) is 9.59 Å². The molecule has 1 N–H and O–H groups in total. The van der Waals surface area contributed by atoms with E-state index < -0.39 is 6.04 Å². The number of carbonyl (C=O) groups is 2. The number of rotatable bonds is 12. The topological polar surface area (TPSA) is 77.1 Å². The van der Waals surface area contributed by atoms with Gasteiger partial charge in [0, 0.05) is 12.6 Å². The van der Waals surface area contributed by atoms with Crippen LogP contribution in [0.25, 0.3) is 0 Å². The Labute approximate surface area is 190 Å². The third-order valence-electron chi connectivity index (χ3n) is 5.30. The van der Waals surface area contributed by atoms with Gasteiger partial charge in [-0.25, -0.2) is 0 Å². The number of hydrogen-bond donors (Lipinski definition) is 1. The maximum Gasteiger partial charge on any atom is 0.261 e. The largest absolute Gasteiger partial charge is 0.497 e. The van der Waals surface area contributed by atoms with Crippen LogP contribution in [-0.4, -0.2) is 49.6 Å². The lowest BCUT2D eigenvalue weighted by atomic mass is 10.1. The van der Waals surface area contributed by atoms with E-state index in [-0.39, 0.29) is 31.0 Å². The fraction of sp³-hybridized carbons (Fsp3) is 0.440. The Balaban J connectivity index is 2.21. The van der Waals surface area contributed by atoms with Crippen LogP contribution in [0, 0.1) is 0 Å². The highest BCUT2D eigenvalue weighted by Crippen LogP contribution is 2.19. The average molecular weight is 443 g/mol. The van der Waals surface area contributed by atoms with Gasteiger partial charge in [0.15, 0.2) is 6.61 Å². The van der Waals surface area contributed by atoms with Gasteiger partial charge in [-0.2, -0.15) is 0 Å². The zero-order chi connectivity index (χ0) is 23.5. The van der Waals surface area contributed by atoms with Gasteiger partial charge in [-0.1, -0.05) is 26.0 Å². The van der Waals surface area contributed by atoms with Crippen molar-refractivity contribution in [2.24, 2.45) is 0 Å². The molecule has 0 fully saturated rings. The summed E-state index contributed by atoms with van der Waals surface area (Å²) >= 11 is 0. The van der Waals surface area contributed by atoms with Crippen LogP contribution < -0.4 is 19.5 Å². The number of hydrogen-bond acceptors (Lipinski definition) is 5. The van der Waals surface area contributed by atoms with Gasteiger partial charge in [0.05, 0.1) is 14.2 Å². The van der Waals surface area contributed by atoms with Crippen molar-refractivity contribution in [2.45, 2.75) is 52.2 Å². The van der Waals surface area contributed by atoms with Crippen molar-refractivity contribution >= 4 is 11.8 Å². The van der Waals surface area contributed by atoms with E-state index in [0.717, 1.165) is 12.0 Å². The lowest BCUT2D eigenvalue weighted by Gasteiger charge is -2.31. The lowest BCUT2D eigenvalue weighted by molar-refractivity contribution is -0.143.